The molecule has 42 valence electrons. The Morgan fingerprint density at radius 3 is 2.43 bits per heavy atom. The standard InChI is InChI=1S/CH3NO2S3/c3-7(4)2-1(5)6/h(H,3,4)(H2,2,5,6)/p-1. The van der Waals surface area contributed by atoms with Gasteiger partial charge in [-0.25, -0.2) is 0 Å². The first-order valence-electron chi connectivity index (χ1n) is 1.22. The van der Waals surface area contributed by atoms with Gasteiger partial charge in [0.25, 0.3) is 0 Å². The zero-order chi connectivity index (χ0) is 5.86. The Labute approximate surface area is 54.3 Å². The van der Waals surface area contributed by atoms with Crippen molar-refractivity contribution >= 4 is 40.4 Å². The lowest BCUT2D eigenvalue weighted by atomic mass is 11.5. The first-order chi connectivity index (χ1) is 3.13. The van der Waals surface area contributed by atoms with E-state index >= 15 is 0 Å². The van der Waals surface area contributed by atoms with Gasteiger partial charge in [0.1, 0.15) is 4.32 Å². The van der Waals surface area contributed by atoms with Crippen molar-refractivity contribution in [3.05, 3.63) is 0 Å². The lowest BCUT2D eigenvalue weighted by Gasteiger charge is -2.02. The third-order valence-electron chi connectivity index (χ3n) is 0.171. The maximum Gasteiger partial charge on any atom is 0.141 e. The topological polar surface area (TPSA) is 52.2 Å². The van der Waals surface area contributed by atoms with Gasteiger partial charge < -0.3 is 9.27 Å². The molecule has 0 spiro atoms. The van der Waals surface area contributed by atoms with Crippen LogP contribution in [0.25, 0.3) is 0 Å². The second-order valence-electron chi connectivity index (χ2n) is 0.642. The molecule has 1 atom stereocenters. The number of nitrogens with one attached hydrogen (secondary N) is 1. The van der Waals surface area contributed by atoms with Crippen LogP contribution in [0.5, 0.6) is 0 Å². The fourth-order valence-corrected chi connectivity index (χ4v) is 0.642. The minimum absolute atomic E-state index is 0.0478. The van der Waals surface area contributed by atoms with E-state index in [4.69, 9.17) is 0 Å². The van der Waals surface area contributed by atoms with E-state index in [2.05, 4.69) is 24.8 Å². The predicted octanol–water partition coefficient (Wildman–Crippen LogP) is -0.415. The molecule has 0 aliphatic heterocycles. The predicted molar refractivity (Wildman–Crippen MR) is 33.6 cm³/mol. The fraction of sp³-hybridized carbons (Fsp3) is 0. The van der Waals surface area contributed by atoms with Crippen molar-refractivity contribution in [1.29, 1.82) is 0 Å². The molecule has 0 amide bonds. The van der Waals surface area contributed by atoms with Crippen LogP contribution in [0, 0.1) is 0 Å². The Kier molecular flexibility index (Phi) is 3.53. The lowest BCUT2D eigenvalue weighted by molar-refractivity contribution is 0.534. The van der Waals surface area contributed by atoms with Crippen LogP contribution >= 0.6 is 24.8 Å². The monoisotopic (exact) mass is 156 g/mol. The number of rotatable bonds is 1. The van der Waals surface area contributed by atoms with E-state index in [0.29, 0.717) is 0 Å². The molecule has 6 heteroatoms. The highest BCUT2D eigenvalue weighted by atomic mass is 32.2. The molecule has 0 aromatic carbocycles. The van der Waals surface area contributed by atoms with Gasteiger partial charge in [0.2, 0.25) is 0 Å². The van der Waals surface area contributed by atoms with E-state index in [1.807, 2.05) is 4.72 Å². The summed E-state index contributed by atoms with van der Waals surface area (Å²) in [5.41, 5.74) is 0. The summed E-state index contributed by atoms with van der Waals surface area (Å²) in [6, 6.07) is 0. The molecular formula is CH2NO2S3-. The van der Waals surface area contributed by atoms with Crippen molar-refractivity contribution in [1.82, 2.24) is 4.72 Å². The highest BCUT2D eigenvalue weighted by Crippen LogP contribution is 1.75. The summed E-state index contributed by atoms with van der Waals surface area (Å²) >= 11 is 5.38. The van der Waals surface area contributed by atoms with E-state index in [9.17, 15) is 8.76 Å². The molecule has 3 nitrogen and oxygen atoms in total. The molecule has 0 aromatic rings. The first-order valence-corrected chi connectivity index (χ1v) is 3.15. The van der Waals surface area contributed by atoms with Gasteiger partial charge in [0.15, 0.2) is 0 Å². The number of thiol groups is 1. The minimum atomic E-state index is -2.31. The lowest BCUT2D eigenvalue weighted by Crippen LogP contribution is -2.18. The Morgan fingerprint density at radius 2 is 2.43 bits per heavy atom. The van der Waals surface area contributed by atoms with Gasteiger partial charge in [-0.3, -0.25) is 4.21 Å². The van der Waals surface area contributed by atoms with Gasteiger partial charge in [-0.2, -0.15) is 0 Å². The molecule has 1 N–H and O–H groups in total. The Morgan fingerprint density at radius 1 is 2.00 bits per heavy atom. The molecule has 0 saturated heterocycles. The van der Waals surface area contributed by atoms with Crippen LogP contribution in [-0.2, 0) is 11.3 Å². The minimum Gasteiger partial charge on any atom is -0.755 e. The largest absolute Gasteiger partial charge is 0.755 e. The molecule has 0 fully saturated rings. The Balaban J connectivity index is 3.32. The smallest absolute Gasteiger partial charge is 0.141 e. The van der Waals surface area contributed by atoms with E-state index in [1.165, 1.54) is 0 Å². The molecule has 0 saturated carbocycles. The molecule has 0 bridgehead atoms. The van der Waals surface area contributed by atoms with Crippen molar-refractivity contribution < 1.29 is 8.76 Å². The highest BCUT2D eigenvalue weighted by molar-refractivity contribution is 8.12. The maximum atomic E-state index is 9.56. The Bertz CT molecular complexity index is 89.1. The van der Waals surface area contributed by atoms with Crippen LogP contribution in [0.1, 0.15) is 0 Å². The molecule has 0 heterocycles. The van der Waals surface area contributed by atoms with Gasteiger partial charge in [-0.15, -0.1) is 12.6 Å². The molecule has 0 aromatic heterocycles. The second-order valence-corrected chi connectivity index (χ2v) is 2.47. The molecule has 0 aliphatic rings. The van der Waals surface area contributed by atoms with E-state index in [-0.39, 0.29) is 4.32 Å². The van der Waals surface area contributed by atoms with Crippen LogP contribution in [0.15, 0.2) is 0 Å². The normalized spacial score (nSPS) is 12.9. The zero-order valence-corrected chi connectivity index (χ0v) is 5.61. The summed E-state index contributed by atoms with van der Waals surface area (Å²) in [5, 5.41) is 0. The molecule has 0 radical (unpaired) electrons. The van der Waals surface area contributed by atoms with Gasteiger partial charge >= 0.3 is 0 Å². The fourth-order valence-electron chi connectivity index (χ4n) is 0.0713. The molecule has 7 heavy (non-hydrogen) atoms. The summed E-state index contributed by atoms with van der Waals surface area (Å²) in [7, 11) is 0. The molecular weight excluding hydrogens is 154 g/mol. The van der Waals surface area contributed by atoms with Gasteiger partial charge in [-0.1, -0.05) is 12.2 Å². The quantitative estimate of drug-likeness (QED) is 0.308. The molecule has 1 unspecified atom stereocenters. The number of hydrogen-bond acceptors (Lipinski definition) is 3. The highest BCUT2D eigenvalue weighted by Gasteiger charge is 1.79. The summed E-state index contributed by atoms with van der Waals surface area (Å²) in [5.74, 6) is 0. The average Bonchev–Trinajstić information content (AvgIpc) is 1.27. The van der Waals surface area contributed by atoms with E-state index in [1.54, 1.807) is 0 Å². The molecule has 0 aliphatic carbocycles. The average molecular weight is 156 g/mol. The van der Waals surface area contributed by atoms with E-state index < -0.39 is 11.3 Å². The summed E-state index contributed by atoms with van der Waals surface area (Å²) in [4.78, 5) is 0. The molecule has 0 rings (SSSR count). The van der Waals surface area contributed by atoms with Crippen LogP contribution in [0.3, 0.4) is 0 Å². The SMILES string of the molecule is O=S([O-])NC(=S)S. The summed E-state index contributed by atoms with van der Waals surface area (Å²) in [6.45, 7) is 0. The third-order valence-corrected chi connectivity index (χ3v) is 1.04. The first kappa shape index (κ1) is 7.35. The zero-order valence-electron chi connectivity index (χ0n) is 3.08. The van der Waals surface area contributed by atoms with Gasteiger partial charge in [0, 0.05) is 11.3 Å². The number of thiocarbonyl (C=S) groups is 1. The van der Waals surface area contributed by atoms with Crippen LogP contribution in [-0.4, -0.2) is 13.1 Å². The Hall–Kier alpha value is 0.350. The number of hydrogen-bond donors (Lipinski definition) is 2. The van der Waals surface area contributed by atoms with Crippen molar-refractivity contribution in [3.63, 3.8) is 0 Å². The van der Waals surface area contributed by atoms with Crippen molar-refractivity contribution in [2.24, 2.45) is 0 Å². The summed E-state index contributed by atoms with van der Waals surface area (Å²) < 4.78 is 20.9. The van der Waals surface area contributed by atoms with Crippen LogP contribution in [0.4, 0.5) is 0 Å². The van der Waals surface area contributed by atoms with E-state index in [0.717, 1.165) is 0 Å². The van der Waals surface area contributed by atoms with Crippen LogP contribution < -0.4 is 4.72 Å². The van der Waals surface area contributed by atoms with Crippen molar-refractivity contribution in [3.8, 4) is 0 Å². The second kappa shape index (κ2) is 3.36. The van der Waals surface area contributed by atoms with Crippen molar-refractivity contribution in [2.45, 2.75) is 0 Å². The van der Waals surface area contributed by atoms with Gasteiger partial charge in [-0.05, 0) is 0 Å². The maximum absolute atomic E-state index is 9.56. The van der Waals surface area contributed by atoms with Crippen molar-refractivity contribution in [2.75, 3.05) is 0 Å². The van der Waals surface area contributed by atoms with Gasteiger partial charge in [0.05, 0.1) is 0 Å². The summed E-state index contributed by atoms with van der Waals surface area (Å²) in [6.07, 6.45) is 0. The van der Waals surface area contributed by atoms with Crippen LogP contribution in [0.2, 0.25) is 0 Å². The third kappa shape index (κ3) is 6.35.